The fourth-order valence-corrected chi connectivity index (χ4v) is 2.38. The molecular weight excluding hydrogens is 321 g/mol. The molecule has 2 aromatic carbocycles. The molecule has 0 saturated carbocycles. The molecule has 0 aromatic heterocycles. The molecule has 1 N–H and O–H groups in total. The Morgan fingerprint density at radius 1 is 1.25 bits per heavy atom. The number of carbonyl (C=O) groups is 1. The van der Waals surface area contributed by atoms with Crippen LogP contribution in [0.4, 0.5) is 10.1 Å². The lowest BCUT2D eigenvalue weighted by atomic mass is 10.1. The third kappa shape index (κ3) is 3.90. The molecule has 0 aliphatic carbocycles. The molecule has 0 radical (unpaired) electrons. The van der Waals surface area contributed by atoms with Gasteiger partial charge in [-0.1, -0.05) is 46.3 Å². The number of amides is 1. The average molecular weight is 336 g/mol. The minimum Gasteiger partial charge on any atom is -0.326 e. The van der Waals surface area contributed by atoms with Crippen LogP contribution in [0.15, 0.2) is 48.5 Å². The Morgan fingerprint density at radius 2 is 2.00 bits per heavy atom. The Balaban J connectivity index is 2.09. The van der Waals surface area contributed by atoms with Crippen LogP contribution in [0.5, 0.6) is 0 Å². The van der Waals surface area contributed by atoms with E-state index in [1.165, 1.54) is 12.1 Å². The Morgan fingerprint density at radius 3 is 2.70 bits per heavy atom. The van der Waals surface area contributed by atoms with Gasteiger partial charge < -0.3 is 5.32 Å². The highest BCUT2D eigenvalue weighted by molar-refractivity contribution is 9.09. The second-order valence-corrected chi connectivity index (χ2v) is 5.93. The molecule has 2 rings (SSSR count). The van der Waals surface area contributed by atoms with Gasteiger partial charge in [-0.2, -0.15) is 0 Å². The van der Waals surface area contributed by atoms with Crippen molar-refractivity contribution >= 4 is 27.5 Å². The summed E-state index contributed by atoms with van der Waals surface area (Å²) >= 11 is 3.50. The molecule has 4 heteroatoms. The van der Waals surface area contributed by atoms with Gasteiger partial charge in [-0.25, -0.2) is 4.39 Å². The number of benzene rings is 2. The molecule has 1 atom stereocenters. The fraction of sp³-hybridized carbons (Fsp3) is 0.188. The molecule has 2 nitrogen and oxygen atoms in total. The van der Waals surface area contributed by atoms with E-state index in [0.29, 0.717) is 5.56 Å². The number of hydrogen-bond acceptors (Lipinski definition) is 1. The topological polar surface area (TPSA) is 29.1 Å². The van der Waals surface area contributed by atoms with Crippen molar-refractivity contribution in [1.82, 2.24) is 0 Å². The third-order valence-corrected chi connectivity index (χ3v) is 3.41. The molecule has 1 unspecified atom stereocenters. The van der Waals surface area contributed by atoms with Gasteiger partial charge in [0.1, 0.15) is 5.82 Å². The quantitative estimate of drug-likeness (QED) is 0.821. The lowest BCUT2D eigenvalue weighted by Crippen LogP contribution is -2.15. The number of alkyl halides is 1. The largest absolute Gasteiger partial charge is 0.326 e. The standard InChI is InChI=1S/C16H15BrFNO/c1-11(17)14-7-2-3-8-15(14)19-16(20)10-12-5-4-6-13(18)9-12/h2-9,11H,10H2,1H3,(H,19,20). The van der Waals surface area contributed by atoms with Gasteiger partial charge in [-0.05, 0) is 36.2 Å². The molecule has 1 amide bonds. The van der Waals surface area contributed by atoms with E-state index < -0.39 is 0 Å². The average Bonchev–Trinajstić information content (AvgIpc) is 2.38. The second kappa shape index (κ2) is 6.66. The van der Waals surface area contributed by atoms with Crippen LogP contribution in [0.3, 0.4) is 0 Å². The maximum Gasteiger partial charge on any atom is 0.228 e. The van der Waals surface area contributed by atoms with Gasteiger partial charge in [0.2, 0.25) is 5.91 Å². The minimum atomic E-state index is -0.329. The molecule has 0 bridgehead atoms. The highest BCUT2D eigenvalue weighted by Crippen LogP contribution is 2.28. The fourth-order valence-electron chi connectivity index (χ4n) is 1.98. The van der Waals surface area contributed by atoms with Crippen LogP contribution >= 0.6 is 15.9 Å². The molecule has 20 heavy (non-hydrogen) atoms. The minimum absolute atomic E-state index is 0.146. The Bertz CT molecular complexity index is 613. The van der Waals surface area contributed by atoms with E-state index in [0.717, 1.165) is 11.3 Å². The summed E-state index contributed by atoms with van der Waals surface area (Å²) in [5, 5.41) is 2.87. The Labute approximate surface area is 126 Å². The number of hydrogen-bond donors (Lipinski definition) is 1. The normalized spacial score (nSPS) is 11.9. The number of carbonyl (C=O) groups excluding carboxylic acids is 1. The van der Waals surface area contributed by atoms with Crippen LogP contribution in [-0.4, -0.2) is 5.91 Å². The van der Waals surface area contributed by atoms with Crippen LogP contribution < -0.4 is 5.32 Å². The zero-order valence-electron chi connectivity index (χ0n) is 11.1. The van der Waals surface area contributed by atoms with Crippen LogP contribution in [-0.2, 0) is 11.2 Å². The van der Waals surface area contributed by atoms with Crippen molar-refractivity contribution in [2.75, 3.05) is 5.32 Å². The highest BCUT2D eigenvalue weighted by Gasteiger charge is 2.10. The maximum absolute atomic E-state index is 13.1. The van der Waals surface area contributed by atoms with Gasteiger partial charge in [0, 0.05) is 10.5 Å². The molecule has 2 aromatic rings. The first kappa shape index (κ1) is 14.7. The van der Waals surface area contributed by atoms with E-state index >= 15 is 0 Å². The monoisotopic (exact) mass is 335 g/mol. The van der Waals surface area contributed by atoms with E-state index in [1.807, 2.05) is 31.2 Å². The van der Waals surface area contributed by atoms with E-state index in [1.54, 1.807) is 12.1 Å². The van der Waals surface area contributed by atoms with Crippen LogP contribution in [0.25, 0.3) is 0 Å². The predicted molar refractivity (Wildman–Crippen MR) is 82.5 cm³/mol. The van der Waals surface area contributed by atoms with Gasteiger partial charge in [0.05, 0.1) is 6.42 Å². The molecular formula is C16H15BrFNO. The summed E-state index contributed by atoms with van der Waals surface area (Å²) in [7, 11) is 0. The summed E-state index contributed by atoms with van der Waals surface area (Å²) in [4.78, 5) is 12.2. The van der Waals surface area contributed by atoms with Crippen molar-refractivity contribution in [1.29, 1.82) is 0 Å². The highest BCUT2D eigenvalue weighted by atomic mass is 79.9. The molecule has 0 aliphatic rings. The van der Waals surface area contributed by atoms with Gasteiger partial charge in [-0.15, -0.1) is 0 Å². The van der Waals surface area contributed by atoms with Crippen LogP contribution in [0.2, 0.25) is 0 Å². The number of nitrogens with one attached hydrogen (secondary N) is 1. The Kier molecular flexibility index (Phi) is 4.90. The lowest BCUT2D eigenvalue weighted by Gasteiger charge is -2.12. The number of rotatable bonds is 4. The van der Waals surface area contributed by atoms with Gasteiger partial charge in [-0.3, -0.25) is 4.79 Å². The SMILES string of the molecule is CC(Br)c1ccccc1NC(=O)Cc1cccc(F)c1. The van der Waals surface area contributed by atoms with E-state index in [4.69, 9.17) is 0 Å². The summed E-state index contributed by atoms with van der Waals surface area (Å²) in [6.45, 7) is 2.00. The van der Waals surface area contributed by atoms with Crippen molar-refractivity contribution in [3.8, 4) is 0 Å². The summed E-state index contributed by atoms with van der Waals surface area (Å²) in [6, 6.07) is 13.7. The maximum atomic E-state index is 13.1. The van der Waals surface area contributed by atoms with Crippen molar-refractivity contribution in [2.45, 2.75) is 18.2 Å². The van der Waals surface area contributed by atoms with Gasteiger partial charge >= 0.3 is 0 Å². The molecule has 0 saturated heterocycles. The zero-order valence-corrected chi connectivity index (χ0v) is 12.7. The number of anilines is 1. The summed E-state index contributed by atoms with van der Waals surface area (Å²) in [5.74, 6) is -0.485. The van der Waals surface area contributed by atoms with Crippen molar-refractivity contribution < 1.29 is 9.18 Å². The predicted octanol–water partition coefficient (Wildman–Crippen LogP) is 4.46. The second-order valence-electron chi connectivity index (χ2n) is 4.56. The van der Waals surface area contributed by atoms with Gasteiger partial charge in [0.15, 0.2) is 0 Å². The van der Waals surface area contributed by atoms with E-state index in [9.17, 15) is 9.18 Å². The van der Waals surface area contributed by atoms with E-state index in [-0.39, 0.29) is 23.0 Å². The lowest BCUT2D eigenvalue weighted by molar-refractivity contribution is -0.115. The molecule has 0 aliphatic heterocycles. The smallest absolute Gasteiger partial charge is 0.228 e. The zero-order chi connectivity index (χ0) is 14.5. The first-order valence-corrected chi connectivity index (χ1v) is 7.25. The number of halogens is 2. The molecule has 0 fully saturated rings. The van der Waals surface area contributed by atoms with Crippen LogP contribution in [0.1, 0.15) is 22.9 Å². The Hall–Kier alpha value is -1.68. The van der Waals surface area contributed by atoms with Crippen molar-refractivity contribution in [2.24, 2.45) is 0 Å². The first-order chi connectivity index (χ1) is 9.56. The van der Waals surface area contributed by atoms with Gasteiger partial charge in [0.25, 0.3) is 0 Å². The molecule has 0 heterocycles. The third-order valence-electron chi connectivity index (χ3n) is 2.92. The van der Waals surface area contributed by atoms with Crippen molar-refractivity contribution in [3.63, 3.8) is 0 Å². The number of para-hydroxylation sites is 1. The summed E-state index contributed by atoms with van der Waals surface area (Å²) < 4.78 is 13.1. The first-order valence-electron chi connectivity index (χ1n) is 6.33. The van der Waals surface area contributed by atoms with E-state index in [2.05, 4.69) is 21.2 Å². The molecule has 104 valence electrons. The summed E-state index contributed by atoms with van der Waals surface area (Å²) in [5.41, 5.74) is 2.45. The van der Waals surface area contributed by atoms with Crippen molar-refractivity contribution in [3.05, 3.63) is 65.5 Å². The van der Waals surface area contributed by atoms with Crippen LogP contribution in [0, 0.1) is 5.82 Å². The summed E-state index contributed by atoms with van der Waals surface area (Å²) in [6.07, 6.45) is 0.156. The molecule has 0 spiro atoms.